The standard InChI is InChI=1S/C12H21NO6S/c1-5-10(14)18-8(4)19-12(17)13-6-9(11(15)16)20-7(2)3/h7-9H,5-6H2,1-4H3,(H,13,17)(H,15,16)/t8-,9-/m0/s1. The lowest BCUT2D eigenvalue weighted by molar-refractivity contribution is -0.164. The summed E-state index contributed by atoms with van der Waals surface area (Å²) >= 11 is 1.23. The number of hydrogen-bond acceptors (Lipinski definition) is 6. The molecule has 0 aliphatic rings. The van der Waals surface area contributed by atoms with Crippen molar-refractivity contribution in [3.63, 3.8) is 0 Å². The molecule has 0 rings (SSSR count). The third-order valence-corrected chi connectivity index (χ3v) is 3.24. The number of carboxylic acid groups (broad SMARTS) is 1. The molecular formula is C12H21NO6S. The van der Waals surface area contributed by atoms with E-state index in [1.54, 1.807) is 6.92 Å². The maximum atomic E-state index is 11.4. The van der Waals surface area contributed by atoms with Crippen molar-refractivity contribution in [1.82, 2.24) is 5.32 Å². The minimum Gasteiger partial charge on any atom is -0.480 e. The molecule has 0 aromatic rings. The van der Waals surface area contributed by atoms with Crippen molar-refractivity contribution in [2.45, 2.75) is 50.9 Å². The van der Waals surface area contributed by atoms with Gasteiger partial charge in [0.05, 0.1) is 0 Å². The summed E-state index contributed by atoms with van der Waals surface area (Å²) in [7, 11) is 0. The van der Waals surface area contributed by atoms with Crippen LogP contribution >= 0.6 is 11.8 Å². The summed E-state index contributed by atoms with van der Waals surface area (Å²) in [5.41, 5.74) is 0. The van der Waals surface area contributed by atoms with E-state index in [1.807, 2.05) is 13.8 Å². The number of carbonyl (C=O) groups is 3. The Bertz CT molecular complexity index is 347. The van der Waals surface area contributed by atoms with E-state index in [4.69, 9.17) is 14.6 Å². The van der Waals surface area contributed by atoms with Crippen LogP contribution in [0.1, 0.15) is 34.1 Å². The van der Waals surface area contributed by atoms with Crippen LogP contribution in [0.25, 0.3) is 0 Å². The lowest BCUT2D eigenvalue weighted by Gasteiger charge is -2.17. The van der Waals surface area contributed by atoms with E-state index in [0.29, 0.717) is 0 Å². The summed E-state index contributed by atoms with van der Waals surface area (Å²) in [6.45, 7) is 6.70. The monoisotopic (exact) mass is 307 g/mol. The van der Waals surface area contributed by atoms with Crippen LogP contribution in [0.5, 0.6) is 0 Å². The first-order valence-corrected chi connectivity index (χ1v) is 7.22. The number of carbonyl (C=O) groups excluding carboxylic acids is 2. The van der Waals surface area contributed by atoms with Gasteiger partial charge in [-0.3, -0.25) is 9.59 Å². The molecule has 116 valence electrons. The van der Waals surface area contributed by atoms with Crippen molar-refractivity contribution in [2.75, 3.05) is 6.54 Å². The topological polar surface area (TPSA) is 102 Å². The molecule has 0 heterocycles. The van der Waals surface area contributed by atoms with Crippen LogP contribution in [0.4, 0.5) is 4.79 Å². The lowest BCUT2D eigenvalue weighted by atomic mass is 10.4. The maximum absolute atomic E-state index is 11.4. The van der Waals surface area contributed by atoms with Gasteiger partial charge in [0.2, 0.25) is 6.29 Å². The highest BCUT2D eigenvalue weighted by Crippen LogP contribution is 2.16. The maximum Gasteiger partial charge on any atom is 0.410 e. The first-order valence-electron chi connectivity index (χ1n) is 6.28. The summed E-state index contributed by atoms with van der Waals surface area (Å²) in [6.07, 6.45) is -1.65. The zero-order valence-corrected chi connectivity index (χ0v) is 12.9. The molecule has 8 heteroatoms. The van der Waals surface area contributed by atoms with Crippen LogP contribution in [-0.4, -0.2) is 46.5 Å². The average Bonchev–Trinajstić information content (AvgIpc) is 2.33. The number of rotatable bonds is 8. The molecule has 0 aromatic heterocycles. The normalized spacial score (nSPS) is 13.4. The number of aliphatic carboxylic acids is 1. The lowest BCUT2D eigenvalue weighted by Crippen LogP contribution is -2.37. The molecule has 0 aliphatic heterocycles. The van der Waals surface area contributed by atoms with Gasteiger partial charge in [-0.15, -0.1) is 11.8 Å². The van der Waals surface area contributed by atoms with E-state index >= 15 is 0 Å². The minimum atomic E-state index is -1.01. The number of carboxylic acids is 1. The van der Waals surface area contributed by atoms with Gasteiger partial charge in [0.15, 0.2) is 0 Å². The molecule has 7 nitrogen and oxygen atoms in total. The number of esters is 1. The highest BCUT2D eigenvalue weighted by atomic mass is 32.2. The van der Waals surface area contributed by atoms with E-state index in [-0.39, 0.29) is 18.2 Å². The Morgan fingerprint density at radius 2 is 1.80 bits per heavy atom. The summed E-state index contributed by atoms with van der Waals surface area (Å²) in [6, 6.07) is 0. The fourth-order valence-corrected chi connectivity index (χ4v) is 2.14. The van der Waals surface area contributed by atoms with Gasteiger partial charge in [0.1, 0.15) is 5.25 Å². The van der Waals surface area contributed by atoms with Crippen molar-refractivity contribution in [1.29, 1.82) is 0 Å². The molecule has 0 aromatic carbocycles. The predicted molar refractivity (Wildman–Crippen MR) is 74.5 cm³/mol. The Labute approximate surface area is 122 Å². The summed E-state index contributed by atoms with van der Waals surface area (Å²) in [5, 5.41) is 10.7. The van der Waals surface area contributed by atoms with Crippen molar-refractivity contribution < 1.29 is 29.0 Å². The molecule has 2 N–H and O–H groups in total. The fraction of sp³-hybridized carbons (Fsp3) is 0.750. The highest BCUT2D eigenvalue weighted by molar-refractivity contribution is 8.01. The number of alkyl carbamates (subject to hydrolysis) is 1. The quantitative estimate of drug-likeness (QED) is 0.518. The van der Waals surface area contributed by atoms with Crippen LogP contribution in [0.15, 0.2) is 0 Å². The first kappa shape index (κ1) is 18.6. The van der Waals surface area contributed by atoms with Crippen molar-refractivity contribution in [3.05, 3.63) is 0 Å². The smallest absolute Gasteiger partial charge is 0.410 e. The van der Waals surface area contributed by atoms with Gasteiger partial charge in [-0.1, -0.05) is 20.8 Å². The summed E-state index contributed by atoms with van der Waals surface area (Å²) in [5.74, 6) is -1.49. The number of thioether (sulfide) groups is 1. The van der Waals surface area contributed by atoms with Crippen LogP contribution < -0.4 is 5.32 Å². The molecule has 0 radical (unpaired) electrons. The Morgan fingerprint density at radius 1 is 1.20 bits per heavy atom. The molecule has 0 unspecified atom stereocenters. The number of amides is 1. The largest absolute Gasteiger partial charge is 0.480 e. The number of hydrogen-bond donors (Lipinski definition) is 2. The predicted octanol–water partition coefficient (Wildman–Crippen LogP) is 1.61. The van der Waals surface area contributed by atoms with E-state index < -0.39 is 29.6 Å². The zero-order chi connectivity index (χ0) is 15.7. The van der Waals surface area contributed by atoms with Crippen LogP contribution in [0, 0.1) is 0 Å². The highest BCUT2D eigenvalue weighted by Gasteiger charge is 2.21. The Hall–Kier alpha value is -1.44. The third kappa shape index (κ3) is 8.63. The number of ether oxygens (including phenoxy) is 2. The molecule has 20 heavy (non-hydrogen) atoms. The third-order valence-electron chi connectivity index (χ3n) is 2.00. The van der Waals surface area contributed by atoms with E-state index in [2.05, 4.69) is 5.32 Å². The van der Waals surface area contributed by atoms with Gasteiger partial charge in [-0.2, -0.15) is 0 Å². The molecule has 0 bridgehead atoms. The molecular weight excluding hydrogens is 286 g/mol. The van der Waals surface area contributed by atoms with Gasteiger partial charge in [-0.05, 0) is 5.25 Å². The molecule has 0 saturated carbocycles. The second kappa shape index (κ2) is 9.46. The second-order valence-electron chi connectivity index (χ2n) is 4.21. The van der Waals surface area contributed by atoms with Crippen LogP contribution in [0.2, 0.25) is 0 Å². The molecule has 0 spiro atoms. The molecule has 2 atom stereocenters. The minimum absolute atomic E-state index is 0.0640. The Kier molecular flexibility index (Phi) is 8.78. The van der Waals surface area contributed by atoms with E-state index in [9.17, 15) is 14.4 Å². The van der Waals surface area contributed by atoms with Crippen molar-refractivity contribution >= 4 is 29.8 Å². The fourth-order valence-electron chi connectivity index (χ4n) is 1.18. The Morgan fingerprint density at radius 3 is 2.25 bits per heavy atom. The Balaban J connectivity index is 4.13. The van der Waals surface area contributed by atoms with Gasteiger partial charge in [0, 0.05) is 19.9 Å². The average molecular weight is 307 g/mol. The van der Waals surface area contributed by atoms with Crippen molar-refractivity contribution in [3.8, 4) is 0 Å². The summed E-state index contributed by atoms with van der Waals surface area (Å²) < 4.78 is 9.51. The van der Waals surface area contributed by atoms with E-state index in [0.717, 1.165) is 0 Å². The molecule has 0 aliphatic carbocycles. The van der Waals surface area contributed by atoms with Crippen LogP contribution in [0.3, 0.4) is 0 Å². The summed E-state index contributed by atoms with van der Waals surface area (Å²) in [4.78, 5) is 33.3. The van der Waals surface area contributed by atoms with Crippen molar-refractivity contribution in [2.24, 2.45) is 0 Å². The SMILES string of the molecule is CCC(=O)O[C@H](C)OC(=O)NC[C@H](SC(C)C)C(=O)O. The molecule has 1 amide bonds. The van der Waals surface area contributed by atoms with Gasteiger partial charge in [-0.25, -0.2) is 4.79 Å². The zero-order valence-electron chi connectivity index (χ0n) is 12.0. The van der Waals surface area contributed by atoms with Gasteiger partial charge < -0.3 is 19.9 Å². The molecule has 0 saturated heterocycles. The van der Waals surface area contributed by atoms with Gasteiger partial charge in [0.25, 0.3) is 0 Å². The van der Waals surface area contributed by atoms with Gasteiger partial charge >= 0.3 is 18.0 Å². The first-order chi connectivity index (χ1) is 9.26. The second-order valence-corrected chi connectivity index (χ2v) is 5.99. The number of nitrogens with one attached hydrogen (secondary N) is 1. The molecule has 0 fully saturated rings. The van der Waals surface area contributed by atoms with Crippen LogP contribution in [-0.2, 0) is 19.1 Å². The van der Waals surface area contributed by atoms with E-state index in [1.165, 1.54) is 18.7 Å².